The van der Waals surface area contributed by atoms with Crippen LogP contribution in [0.25, 0.3) is 0 Å². The summed E-state index contributed by atoms with van der Waals surface area (Å²) in [6.07, 6.45) is 0.106. The number of hydrogen-bond donors (Lipinski definition) is 0. The summed E-state index contributed by atoms with van der Waals surface area (Å²) >= 11 is 0. The van der Waals surface area contributed by atoms with Crippen LogP contribution in [0.2, 0.25) is 0 Å². The summed E-state index contributed by atoms with van der Waals surface area (Å²) in [7, 11) is 0. The third-order valence-corrected chi connectivity index (χ3v) is 2.13. The van der Waals surface area contributed by atoms with Gasteiger partial charge in [0.25, 0.3) is 0 Å². The number of likely N-dealkylation sites (tertiary alicyclic amines) is 1. The summed E-state index contributed by atoms with van der Waals surface area (Å²) in [4.78, 5) is 23.4. The zero-order valence-corrected chi connectivity index (χ0v) is 7.95. The molecule has 1 fully saturated rings. The number of nitrogens with zero attached hydrogens (tertiary/aromatic N) is 1. The molecule has 0 bridgehead atoms. The van der Waals surface area contributed by atoms with E-state index in [-0.39, 0.29) is 12.3 Å². The van der Waals surface area contributed by atoms with Crippen molar-refractivity contribution < 1.29 is 14.7 Å². The fourth-order valence-electron chi connectivity index (χ4n) is 1.55. The Bertz CT molecular complexity index is 225. The molecule has 0 saturated carbocycles. The maximum atomic E-state index is 11.3. The Labute approximate surface area is 77.5 Å². The van der Waals surface area contributed by atoms with Gasteiger partial charge in [-0.3, -0.25) is 4.79 Å². The summed E-state index contributed by atoms with van der Waals surface area (Å²) in [5.41, 5.74) is 0. The van der Waals surface area contributed by atoms with E-state index < -0.39 is 11.9 Å². The molecule has 4 heteroatoms. The van der Waals surface area contributed by atoms with E-state index in [9.17, 15) is 14.7 Å². The largest absolute Gasteiger partial charge is 0.550 e. The first-order valence-electron chi connectivity index (χ1n) is 4.49. The van der Waals surface area contributed by atoms with Crippen molar-refractivity contribution in [2.45, 2.75) is 20.3 Å². The van der Waals surface area contributed by atoms with Gasteiger partial charge in [-0.2, -0.15) is 0 Å². The number of amides is 1. The Hall–Kier alpha value is -1.06. The van der Waals surface area contributed by atoms with Crippen molar-refractivity contribution in [3.8, 4) is 0 Å². The predicted octanol–water partition coefficient (Wildman–Crippen LogP) is -0.759. The number of carbonyl (C=O) groups is 2. The van der Waals surface area contributed by atoms with Gasteiger partial charge in [0.15, 0.2) is 0 Å². The number of carboxylic acid groups (broad SMARTS) is 1. The second-order valence-corrected chi connectivity index (χ2v) is 3.91. The standard InChI is InChI=1S/C9H15NO3/c1-6(2)4-10-5-7(9(12)13)3-8(10)11/h6-7H,3-5H2,1-2H3,(H,12,13)/p-1/t7-/m0/s1. The topological polar surface area (TPSA) is 60.4 Å². The molecule has 0 aliphatic carbocycles. The normalized spacial score (nSPS) is 22.8. The van der Waals surface area contributed by atoms with Gasteiger partial charge in [0.1, 0.15) is 0 Å². The third kappa shape index (κ3) is 2.44. The second kappa shape index (κ2) is 3.77. The van der Waals surface area contributed by atoms with E-state index >= 15 is 0 Å². The van der Waals surface area contributed by atoms with Crippen LogP contribution in [0.4, 0.5) is 0 Å². The average Bonchev–Trinajstić information content (AvgIpc) is 2.31. The minimum Gasteiger partial charge on any atom is -0.550 e. The molecule has 1 rings (SSSR count). The van der Waals surface area contributed by atoms with Crippen LogP contribution in [0, 0.1) is 11.8 Å². The second-order valence-electron chi connectivity index (χ2n) is 3.91. The number of aliphatic carboxylic acids is 1. The van der Waals surface area contributed by atoms with Crippen LogP contribution >= 0.6 is 0 Å². The van der Waals surface area contributed by atoms with E-state index in [1.54, 1.807) is 4.90 Å². The first kappa shape index (κ1) is 10.0. The van der Waals surface area contributed by atoms with Crippen LogP contribution in [-0.4, -0.2) is 29.9 Å². The van der Waals surface area contributed by atoms with E-state index in [4.69, 9.17) is 0 Å². The third-order valence-electron chi connectivity index (χ3n) is 2.13. The highest BCUT2D eigenvalue weighted by atomic mass is 16.4. The van der Waals surface area contributed by atoms with Crippen LogP contribution < -0.4 is 5.11 Å². The summed E-state index contributed by atoms with van der Waals surface area (Å²) < 4.78 is 0. The predicted molar refractivity (Wildman–Crippen MR) is 44.5 cm³/mol. The first-order valence-corrected chi connectivity index (χ1v) is 4.49. The molecule has 1 aliphatic heterocycles. The van der Waals surface area contributed by atoms with Gasteiger partial charge in [0.05, 0.1) is 0 Å². The Balaban J connectivity index is 2.51. The minimum atomic E-state index is -1.11. The fourth-order valence-corrected chi connectivity index (χ4v) is 1.55. The van der Waals surface area contributed by atoms with Crippen LogP contribution in [0.15, 0.2) is 0 Å². The molecule has 0 aromatic rings. The molecule has 74 valence electrons. The zero-order chi connectivity index (χ0) is 10.0. The molecule has 0 unspecified atom stereocenters. The van der Waals surface area contributed by atoms with Gasteiger partial charge >= 0.3 is 0 Å². The molecule has 0 aromatic carbocycles. The van der Waals surface area contributed by atoms with Crippen LogP contribution in [0.3, 0.4) is 0 Å². The van der Waals surface area contributed by atoms with E-state index in [0.29, 0.717) is 19.0 Å². The monoisotopic (exact) mass is 184 g/mol. The quantitative estimate of drug-likeness (QED) is 0.579. The molecule has 1 amide bonds. The fraction of sp³-hybridized carbons (Fsp3) is 0.778. The lowest BCUT2D eigenvalue weighted by molar-refractivity contribution is -0.311. The molecule has 0 spiro atoms. The first-order chi connectivity index (χ1) is 6.00. The number of hydrogen-bond acceptors (Lipinski definition) is 3. The molecule has 0 aromatic heterocycles. The maximum absolute atomic E-state index is 11.3. The van der Waals surface area contributed by atoms with Crippen molar-refractivity contribution in [1.82, 2.24) is 4.90 Å². The van der Waals surface area contributed by atoms with Gasteiger partial charge in [-0.05, 0) is 5.92 Å². The highest BCUT2D eigenvalue weighted by molar-refractivity contribution is 5.85. The molecule has 0 N–H and O–H groups in total. The van der Waals surface area contributed by atoms with E-state index in [1.165, 1.54) is 0 Å². The minimum absolute atomic E-state index is 0.0668. The molecule has 0 radical (unpaired) electrons. The van der Waals surface area contributed by atoms with Crippen molar-refractivity contribution in [3.05, 3.63) is 0 Å². The summed E-state index contributed by atoms with van der Waals surface area (Å²) in [5, 5.41) is 10.5. The lowest BCUT2D eigenvalue weighted by Crippen LogP contribution is -2.34. The van der Waals surface area contributed by atoms with Gasteiger partial charge in [-0.25, -0.2) is 0 Å². The van der Waals surface area contributed by atoms with E-state index in [1.807, 2.05) is 13.8 Å². The summed E-state index contributed by atoms with van der Waals surface area (Å²) in [6.45, 7) is 4.96. The zero-order valence-electron chi connectivity index (χ0n) is 7.95. The average molecular weight is 184 g/mol. The molecule has 1 heterocycles. The maximum Gasteiger partial charge on any atom is 0.223 e. The van der Waals surface area contributed by atoms with Crippen LogP contribution in [-0.2, 0) is 9.59 Å². The van der Waals surface area contributed by atoms with Gasteiger partial charge in [0, 0.05) is 31.4 Å². The molecule has 13 heavy (non-hydrogen) atoms. The SMILES string of the molecule is CC(C)CN1C[C@@H](C(=O)[O-])CC1=O. The van der Waals surface area contributed by atoms with Crippen molar-refractivity contribution >= 4 is 11.9 Å². The van der Waals surface area contributed by atoms with E-state index in [2.05, 4.69) is 0 Å². The van der Waals surface area contributed by atoms with Crippen molar-refractivity contribution in [2.75, 3.05) is 13.1 Å². The highest BCUT2D eigenvalue weighted by Gasteiger charge is 2.30. The molecule has 1 saturated heterocycles. The number of rotatable bonds is 3. The molecule has 4 nitrogen and oxygen atoms in total. The van der Waals surface area contributed by atoms with Crippen molar-refractivity contribution in [2.24, 2.45) is 11.8 Å². The number of carboxylic acids is 1. The van der Waals surface area contributed by atoms with E-state index in [0.717, 1.165) is 0 Å². The smallest absolute Gasteiger partial charge is 0.223 e. The van der Waals surface area contributed by atoms with Crippen molar-refractivity contribution in [3.63, 3.8) is 0 Å². The van der Waals surface area contributed by atoms with Gasteiger partial charge in [-0.1, -0.05) is 13.8 Å². The van der Waals surface area contributed by atoms with Gasteiger partial charge in [0.2, 0.25) is 5.91 Å². The van der Waals surface area contributed by atoms with Crippen molar-refractivity contribution in [1.29, 1.82) is 0 Å². The molecular weight excluding hydrogens is 170 g/mol. The summed E-state index contributed by atoms with van der Waals surface area (Å²) in [6, 6.07) is 0. The molecule has 1 atom stereocenters. The van der Waals surface area contributed by atoms with Crippen LogP contribution in [0.5, 0.6) is 0 Å². The summed E-state index contributed by atoms with van der Waals surface area (Å²) in [5.74, 6) is -1.40. The molecule has 1 aliphatic rings. The Morgan fingerprint density at radius 3 is 2.69 bits per heavy atom. The Morgan fingerprint density at radius 1 is 1.69 bits per heavy atom. The van der Waals surface area contributed by atoms with Crippen LogP contribution in [0.1, 0.15) is 20.3 Å². The molecular formula is C9H14NO3-. The van der Waals surface area contributed by atoms with Gasteiger partial charge in [-0.15, -0.1) is 0 Å². The number of carbonyl (C=O) groups excluding carboxylic acids is 2. The van der Waals surface area contributed by atoms with Gasteiger partial charge < -0.3 is 14.8 Å². The highest BCUT2D eigenvalue weighted by Crippen LogP contribution is 2.17. The lowest BCUT2D eigenvalue weighted by atomic mass is 10.1. The lowest BCUT2D eigenvalue weighted by Gasteiger charge is -2.18. The Kier molecular flexibility index (Phi) is 2.90. The Morgan fingerprint density at radius 2 is 2.31 bits per heavy atom.